The van der Waals surface area contributed by atoms with Gasteiger partial charge in [-0.3, -0.25) is 19.3 Å². The minimum Gasteiger partial charge on any atom is -0.354 e. The number of carbonyl (C=O) groups is 3. The minimum atomic E-state index is -0.335. The second-order valence-electron chi connectivity index (χ2n) is 5.83. The molecule has 7 heteroatoms. The average Bonchev–Trinajstić information content (AvgIpc) is 2.76. The van der Waals surface area contributed by atoms with Gasteiger partial charge >= 0.3 is 0 Å². The van der Waals surface area contributed by atoms with Crippen LogP contribution in [0.5, 0.6) is 0 Å². The van der Waals surface area contributed by atoms with Gasteiger partial charge < -0.3 is 5.32 Å². The highest BCUT2D eigenvalue weighted by Crippen LogP contribution is 2.32. The van der Waals surface area contributed by atoms with E-state index >= 15 is 0 Å². The zero-order valence-electron chi connectivity index (χ0n) is 13.5. The molecule has 1 aromatic rings. The normalized spacial score (nSPS) is 16.3. The Balaban J connectivity index is 1.94. The van der Waals surface area contributed by atoms with Gasteiger partial charge in [-0.2, -0.15) is 0 Å². The second-order valence-corrected chi connectivity index (χ2v) is 7.26. The molecule has 0 radical (unpaired) electrons. The van der Waals surface area contributed by atoms with E-state index in [0.29, 0.717) is 16.3 Å². The first kappa shape index (κ1) is 18.5. The first-order valence-corrected chi connectivity index (χ1v) is 8.84. The van der Waals surface area contributed by atoms with Crippen molar-refractivity contribution in [1.29, 1.82) is 0 Å². The van der Waals surface area contributed by atoms with Gasteiger partial charge in [0.2, 0.25) is 5.91 Å². The smallest absolute Gasteiger partial charge is 0.293 e. The molecular weight excluding hydrogens is 348 g/mol. The van der Waals surface area contributed by atoms with Gasteiger partial charge in [-0.25, -0.2) is 0 Å². The van der Waals surface area contributed by atoms with E-state index in [9.17, 15) is 14.4 Å². The summed E-state index contributed by atoms with van der Waals surface area (Å²) in [6.45, 7) is 4.35. The summed E-state index contributed by atoms with van der Waals surface area (Å²) in [4.78, 5) is 37.4. The Morgan fingerprint density at radius 1 is 1.29 bits per heavy atom. The maximum absolute atomic E-state index is 12.3. The van der Waals surface area contributed by atoms with Crippen LogP contribution in [-0.2, 0) is 9.59 Å². The monoisotopic (exact) mass is 366 g/mol. The molecule has 0 bridgehead atoms. The molecule has 1 N–H and O–H groups in total. The predicted molar refractivity (Wildman–Crippen MR) is 96.6 cm³/mol. The first-order valence-electron chi connectivity index (χ1n) is 7.64. The van der Waals surface area contributed by atoms with Gasteiger partial charge in [-0.05, 0) is 41.5 Å². The molecule has 1 fully saturated rings. The molecule has 5 nitrogen and oxygen atoms in total. The number of amides is 3. The van der Waals surface area contributed by atoms with E-state index in [-0.39, 0.29) is 36.1 Å². The highest BCUT2D eigenvalue weighted by atomic mass is 35.5. The van der Waals surface area contributed by atoms with Gasteiger partial charge in [0.05, 0.1) is 4.91 Å². The second kappa shape index (κ2) is 8.35. The fourth-order valence-electron chi connectivity index (χ4n) is 2.15. The lowest BCUT2D eigenvalue weighted by Gasteiger charge is -2.13. The molecule has 3 amide bonds. The molecule has 0 atom stereocenters. The highest BCUT2D eigenvalue weighted by molar-refractivity contribution is 8.18. The summed E-state index contributed by atoms with van der Waals surface area (Å²) in [5.74, 6) is -0.142. The van der Waals surface area contributed by atoms with Crippen molar-refractivity contribution in [2.45, 2.75) is 20.3 Å². The Morgan fingerprint density at radius 3 is 2.58 bits per heavy atom. The van der Waals surface area contributed by atoms with Gasteiger partial charge in [0.25, 0.3) is 11.1 Å². The largest absolute Gasteiger partial charge is 0.354 e. The van der Waals surface area contributed by atoms with E-state index < -0.39 is 0 Å². The Kier molecular flexibility index (Phi) is 6.45. The Labute approximate surface area is 150 Å². The number of hydrogen-bond acceptors (Lipinski definition) is 4. The number of carbonyl (C=O) groups excluding carboxylic acids is 3. The fourth-order valence-corrected chi connectivity index (χ4v) is 3.14. The lowest BCUT2D eigenvalue weighted by Crippen LogP contribution is -2.37. The van der Waals surface area contributed by atoms with Crippen LogP contribution < -0.4 is 5.32 Å². The van der Waals surface area contributed by atoms with Crippen molar-refractivity contribution in [2.75, 3.05) is 13.1 Å². The topological polar surface area (TPSA) is 66.5 Å². The molecule has 0 saturated carbocycles. The van der Waals surface area contributed by atoms with Crippen LogP contribution in [0.4, 0.5) is 4.79 Å². The van der Waals surface area contributed by atoms with E-state index in [1.165, 1.54) is 0 Å². The van der Waals surface area contributed by atoms with Crippen LogP contribution in [0.3, 0.4) is 0 Å². The van der Waals surface area contributed by atoms with Gasteiger partial charge in [0.1, 0.15) is 0 Å². The summed E-state index contributed by atoms with van der Waals surface area (Å²) < 4.78 is 0. The third kappa shape index (κ3) is 5.11. The number of nitrogens with one attached hydrogen (secondary N) is 1. The molecule has 0 aromatic heterocycles. The number of benzene rings is 1. The van der Waals surface area contributed by atoms with E-state index in [1.807, 2.05) is 13.8 Å². The number of thioether (sulfide) groups is 1. The molecule has 0 spiro atoms. The Bertz CT molecular complexity index is 671. The van der Waals surface area contributed by atoms with Crippen molar-refractivity contribution in [2.24, 2.45) is 5.92 Å². The molecule has 1 aromatic carbocycles. The molecule has 1 aliphatic rings. The van der Waals surface area contributed by atoms with Crippen molar-refractivity contribution in [1.82, 2.24) is 10.2 Å². The number of nitrogens with zero attached hydrogens (tertiary/aromatic N) is 1. The SMILES string of the molecule is CC(C)CC(=O)NCCN1C(=O)S/C(=C\c2ccc(Cl)cc2)C1=O. The van der Waals surface area contributed by atoms with E-state index in [2.05, 4.69) is 5.32 Å². The maximum Gasteiger partial charge on any atom is 0.293 e. The molecule has 0 unspecified atom stereocenters. The van der Waals surface area contributed by atoms with Gasteiger partial charge in [-0.15, -0.1) is 0 Å². The van der Waals surface area contributed by atoms with Crippen molar-refractivity contribution < 1.29 is 14.4 Å². The quantitative estimate of drug-likeness (QED) is 0.782. The van der Waals surface area contributed by atoms with Crippen LogP contribution in [0.1, 0.15) is 25.8 Å². The van der Waals surface area contributed by atoms with E-state index in [4.69, 9.17) is 11.6 Å². The Hall–Kier alpha value is -1.79. The standard InChI is InChI=1S/C17H19ClN2O3S/c1-11(2)9-15(21)19-7-8-20-16(22)14(24-17(20)23)10-12-3-5-13(18)6-4-12/h3-6,10-11H,7-9H2,1-2H3,(H,19,21)/b14-10-. The lowest BCUT2D eigenvalue weighted by molar-refractivity contribution is -0.124. The summed E-state index contributed by atoms with van der Waals surface area (Å²) in [6, 6.07) is 7.01. The number of rotatable bonds is 6. The van der Waals surface area contributed by atoms with Crippen molar-refractivity contribution in [3.8, 4) is 0 Å². The summed E-state index contributed by atoms with van der Waals surface area (Å²) in [7, 11) is 0. The zero-order valence-corrected chi connectivity index (χ0v) is 15.1. The molecule has 2 rings (SSSR count). The average molecular weight is 367 g/mol. The molecule has 1 saturated heterocycles. The molecule has 1 heterocycles. The van der Waals surface area contributed by atoms with Crippen LogP contribution in [0.15, 0.2) is 29.2 Å². The van der Waals surface area contributed by atoms with E-state index in [1.54, 1.807) is 30.3 Å². The van der Waals surface area contributed by atoms with E-state index in [0.717, 1.165) is 22.2 Å². The van der Waals surface area contributed by atoms with Crippen LogP contribution in [-0.4, -0.2) is 35.0 Å². The molecule has 0 aliphatic carbocycles. The van der Waals surface area contributed by atoms with Crippen molar-refractivity contribution in [3.05, 3.63) is 39.8 Å². The summed E-state index contributed by atoms with van der Waals surface area (Å²) >= 11 is 6.73. The minimum absolute atomic E-state index is 0.0753. The lowest BCUT2D eigenvalue weighted by atomic mass is 10.1. The third-order valence-electron chi connectivity index (χ3n) is 3.29. The van der Waals surface area contributed by atoms with Gasteiger partial charge in [0.15, 0.2) is 0 Å². The third-order valence-corrected chi connectivity index (χ3v) is 4.45. The molecule has 24 heavy (non-hydrogen) atoms. The predicted octanol–water partition coefficient (Wildman–Crippen LogP) is 3.54. The van der Waals surface area contributed by atoms with Gasteiger partial charge in [-0.1, -0.05) is 37.6 Å². The molecule has 1 aliphatic heterocycles. The van der Waals surface area contributed by atoms with Crippen molar-refractivity contribution >= 4 is 46.5 Å². The number of hydrogen-bond donors (Lipinski definition) is 1. The zero-order chi connectivity index (χ0) is 17.7. The van der Waals surface area contributed by atoms with Crippen molar-refractivity contribution in [3.63, 3.8) is 0 Å². The van der Waals surface area contributed by atoms with Crippen LogP contribution in [0, 0.1) is 5.92 Å². The maximum atomic E-state index is 12.3. The van der Waals surface area contributed by atoms with Gasteiger partial charge in [0, 0.05) is 24.5 Å². The van der Waals surface area contributed by atoms with Crippen LogP contribution in [0.2, 0.25) is 5.02 Å². The summed E-state index contributed by atoms with van der Waals surface area (Å²) in [5.41, 5.74) is 0.801. The van der Waals surface area contributed by atoms with Crippen LogP contribution in [0.25, 0.3) is 6.08 Å². The Morgan fingerprint density at radius 2 is 1.96 bits per heavy atom. The number of halogens is 1. The number of imide groups is 1. The first-order chi connectivity index (χ1) is 11.4. The summed E-state index contributed by atoms with van der Waals surface area (Å²) in [5, 5.41) is 3.01. The molecular formula is C17H19ClN2O3S. The fraction of sp³-hybridized carbons (Fsp3) is 0.353. The summed E-state index contributed by atoms with van der Waals surface area (Å²) in [6.07, 6.45) is 2.09. The highest BCUT2D eigenvalue weighted by Gasteiger charge is 2.34. The molecule has 128 valence electrons. The van der Waals surface area contributed by atoms with Crippen LogP contribution >= 0.6 is 23.4 Å².